The molecule has 3 aliphatic rings. The van der Waals surface area contributed by atoms with E-state index >= 15 is 0 Å². The van der Waals surface area contributed by atoms with Crippen LogP contribution in [0.2, 0.25) is 0 Å². The fraction of sp³-hybridized carbons (Fsp3) is 0.636. The summed E-state index contributed by atoms with van der Waals surface area (Å²) in [5, 5.41) is 13.3. The predicted octanol–water partition coefficient (Wildman–Crippen LogP) is 1.78. The van der Waals surface area contributed by atoms with Gasteiger partial charge in [-0.3, -0.25) is 14.5 Å². The van der Waals surface area contributed by atoms with E-state index in [4.69, 9.17) is 0 Å². The third-order valence-corrected chi connectivity index (χ3v) is 6.58. The van der Waals surface area contributed by atoms with Crippen LogP contribution >= 0.6 is 0 Å². The zero-order valence-corrected chi connectivity index (χ0v) is 16.8. The molecule has 3 heterocycles. The number of allylic oxidation sites excluding steroid dienone is 1. The molecule has 1 saturated heterocycles. The predicted molar refractivity (Wildman–Crippen MR) is 109 cm³/mol. The Morgan fingerprint density at radius 3 is 2.79 bits per heavy atom. The Labute approximate surface area is 166 Å². The van der Waals surface area contributed by atoms with Crippen molar-refractivity contribution in [2.45, 2.75) is 51.7 Å². The summed E-state index contributed by atoms with van der Waals surface area (Å²) in [6.45, 7) is 6.07. The number of fused-ring (bicyclic) bond motifs is 3. The average molecular weight is 386 g/mol. The minimum absolute atomic E-state index is 0.0149. The van der Waals surface area contributed by atoms with Gasteiger partial charge in [0.25, 0.3) is 5.56 Å². The smallest absolute Gasteiger partial charge is 0.258 e. The number of likely N-dealkylation sites (tertiary alicyclic amines) is 1. The van der Waals surface area contributed by atoms with Gasteiger partial charge in [-0.2, -0.15) is 0 Å². The van der Waals surface area contributed by atoms with Gasteiger partial charge in [-0.1, -0.05) is 19.1 Å². The molecule has 2 fully saturated rings. The van der Waals surface area contributed by atoms with Gasteiger partial charge in [0.15, 0.2) is 0 Å². The summed E-state index contributed by atoms with van der Waals surface area (Å²) >= 11 is 0. The minimum atomic E-state index is -0.322. The highest BCUT2D eigenvalue weighted by Gasteiger charge is 2.55. The van der Waals surface area contributed by atoms with Gasteiger partial charge >= 0.3 is 0 Å². The summed E-state index contributed by atoms with van der Waals surface area (Å²) in [6, 6.07) is 3.61. The van der Waals surface area contributed by atoms with Gasteiger partial charge in [0, 0.05) is 42.8 Å². The molecule has 6 nitrogen and oxygen atoms in total. The Hall–Kier alpha value is -1.92. The van der Waals surface area contributed by atoms with Crippen LogP contribution < -0.4 is 10.9 Å². The normalized spacial score (nSPS) is 29.2. The van der Waals surface area contributed by atoms with Crippen LogP contribution in [0.15, 0.2) is 23.0 Å². The van der Waals surface area contributed by atoms with E-state index in [9.17, 15) is 14.7 Å². The lowest BCUT2D eigenvalue weighted by Crippen LogP contribution is -2.49. The number of aromatic nitrogens is 1. The van der Waals surface area contributed by atoms with Gasteiger partial charge in [-0.15, -0.1) is 0 Å². The second kappa shape index (κ2) is 7.84. The van der Waals surface area contributed by atoms with Gasteiger partial charge in [-0.25, -0.2) is 0 Å². The number of hydrogen-bond acceptors (Lipinski definition) is 4. The molecule has 4 atom stereocenters. The number of rotatable bonds is 7. The van der Waals surface area contributed by atoms with Crippen LogP contribution in [-0.4, -0.2) is 46.2 Å². The van der Waals surface area contributed by atoms with Crippen molar-refractivity contribution in [3.8, 4) is 0 Å². The lowest BCUT2D eigenvalue weighted by Gasteiger charge is -2.30. The Morgan fingerprint density at radius 2 is 2.14 bits per heavy atom. The number of hydrogen-bond donors (Lipinski definition) is 2. The number of aliphatic hydroxyl groups excluding tert-OH is 1. The highest BCUT2D eigenvalue weighted by Crippen LogP contribution is 2.49. The van der Waals surface area contributed by atoms with Gasteiger partial charge in [-0.05, 0) is 50.8 Å². The summed E-state index contributed by atoms with van der Waals surface area (Å²) in [6.07, 6.45) is 7.03. The van der Waals surface area contributed by atoms with Crippen molar-refractivity contribution < 1.29 is 9.90 Å². The highest BCUT2D eigenvalue weighted by atomic mass is 16.3. The van der Waals surface area contributed by atoms with Crippen molar-refractivity contribution in [2.75, 3.05) is 19.7 Å². The Balaban J connectivity index is 1.67. The molecule has 6 heteroatoms. The number of nitrogens with one attached hydrogen (secondary N) is 1. The maximum absolute atomic E-state index is 13.0. The molecule has 2 aliphatic heterocycles. The van der Waals surface area contributed by atoms with Crippen LogP contribution in [0.25, 0.3) is 6.08 Å². The van der Waals surface area contributed by atoms with E-state index in [1.807, 2.05) is 35.8 Å². The Kier molecular flexibility index (Phi) is 5.43. The molecule has 4 rings (SSSR count). The summed E-state index contributed by atoms with van der Waals surface area (Å²) < 4.78 is 1.86. The van der Waals surface area contributed by atoms with Gasteiger partial charge in [0.2, 0.25) is 5.91 Å². The zero-order chi connectivity index (χ0) is 19.8. The van der Waals surface area contributed by atoms with E-state index in [0.717, 1.165) is 25.2 Å². The van der Waals surface area contributed by atoms with Crippen LogP contribution in [0, 0.1) is 17.8 Å². The number of carbonyl (C=O) groups is 1. The van der Waals surface area contributed by atoms with Crippen molar-refractivity contribution in [2.24, 2.45) is 17.8 Å². The quantitative estimate of drug-likeness (QED) is 0.750. The summed E-state index contributed by atoms with van der Waals surface area (Å²) in [5.74, 6) is 0.594. The van der Waals surface area contributed by atoms with E-state index < -0.39 is 0 Å². The van der Waals surface area contributed by atoms with E-state index in [1.165, 1.54) is 12.8 Å². The maximum atomic E-state index is 13.0. The van der Waals surface area contributed by atoms with Crippen LogP contribution in [-0.2, 0) is 11.3 Å². The Bertz CT molecular complexity index is 827. The van der Waals surface area contributed by atoms with Crippen LogP contribution in [0.4, 0.5) is 0 Å². The molecule has 0 spiro atoms. The molecule has 1 saturated carbocycles. The highest BCUT2D eigenvalue weighted by molar-refractivity contribution is 5.82. The van der Waals surface area contributed by atoms with Crippen LogP contribution in [0.3, 0.4) is 0 Å². The summed E-state index contributed by atoms with van der Waals surface area (Å²) in [5.41, 5.74) is 1.69. The van der Waals surface area contributed by atoms with Crippen molar-refractivity contribution in [3.05, 3.63) is 39.8 Å². The largest absolute Gasteiger partial charge is 0.396 e. The first kappa shape index (κ1) is 19.4. The first-order valence-electron chi connectivity index (χ1n) is 10.6. The molecule has 1 aromatic heterocycles. The topological polar surface area (TPSA) is 74.6 Å². The molecule has 0 bridgehead atoms. The minimum Gasteiger partial charge on any atom is -0.396 e. The van der Waals surface area contributed by atoms with Gasteiger partial charge in [0.1, 0.15) is 0 Å². The van der Waals surface area contributed by atoms with Crippen molar-refractivity contribution >= 4 is 12.0 Å². The Morgan fingerprint density at radius 1 is 1.36 bits per heavy atom. The summed E-state index contributed by atoms with van der Waals surface area (Å²) in [7, 11) is 0. The molecule has 1 amide bonds. The third kappa shape index (κ3) is 3.22. The van der Waals surface area contributed by atoms with E-state index in [1.54, 1.807) is 0 Å². The number of pyridine rings is 1. The molecular formula is C22H31N3O3. The third-order valence-electron chi connectivity index (χ3n) is 6.58. The van der Waals surface area contributed by atoms with Gasteiger partial charge in [0.05, 0.1) is 12.1 Å². The number of amides is 1. The lowest BCUT2D eigenvalue weighted by molar-refractivity contribution is -0.127. The van der Waals surface area contributed by atoms with Crippen LogP contribution in [0.5, 0.6) is 0 Å². The van der Waals surface area contributed by atoms with E-state index in [2.05, 4.69) is 17.1 Å². The number of nitrogens with zero attached hydrogens (tertiary/aromatic N) is 2. The van der Waals surface area contributed by atoms with E-state index in [-0.39, 0.29) is 42.0 Å². The molecule has 152 valence electrons. The first-order chi connectivity index (χ1) is 13.6. The molecule has 1 aliphatic carbocycles. The second-order valence-electron chi connectivity index (χ2n) is 8.46. The van der Waals surface area contributed by atoms with Crippen LogP contribution in [0.1, 0.15) is 50.4 Å². The molecule has 28 heavy (non-hydrogen) atoms. The van der Waals surface area contributed by atoms with Crippen molar-refractivity contribution in [1.29, 1.82) is 0 Å². The lowest BCUT2D eigenvalue weighted by atomic mass is 9.88. The molecule has 1 aromatic rings. The fourth-order valence-electron chi connectivity index (χ4n) is 5.12. The summed E-state index contributed by atoms with van der Waals surface area (Å²) in [4.78, 5) is 28.2. The molecule has 0 radical (unpaired) electrons. The number of carbonyl (C=O) groups excluding carboxylic acids is 1. The SMILES string of the molecule is C/C=C/c1ccc2n(c1=O)C[C@H]1[C@H](CO)[C@@H](C(=O)NCC3CC3)N(CCC)[C@@H]21. The number of aliphatic hydroxyl groups is 1. The molecule has 0 aromatic carbocycles. The molecular weight excluding hydrogens is 354 g/mol. The second-order valence-corrected chi connectivity index (χ2v) is 8.46. The monoisotopic (exact) mass is 385 g/mol. The fourth-order valence-corrected chi connectivity index (χ4v) is 5.12. The molecule has 0 unspecified atom stereocenters. The first-order valence-corrected chi connectivity index (χ1v) is 10.6. The average Bonchev–Trinajstić information content (AvgIpc) is 3.36. The van der Waals surface area contributed by atoms with Crippen molar-refractivity contribution in [3.63, 3.8) is 0 Å². The zero-order valence-electron chi connectivity index (χ0n) is 16.8. The standard InChI is InChI=1S/C22H31N3O3/c1-3-5-15-8-9-18-19-16(12-25(18)22(15)28)17(13-26)20(24(19)10-4-2)21(27)23-11-14-6-7-14/h3,5,8-9,14,16-17,19-20,26H,4,6-7,10-13H2,1-2H3,(H,23,27)/b5-3+/t16-,17-,19+,20-/m0/s1. The maximum Gasteiger partial charge on any atom is 0.258 e. The molecule has 2 N–H and O–H groups in total. The van der Waals surface area contributed by atoms with E-state index in [0.29, 0.717) is 18.0 Å². The van der Waals surface area contributed by atoms with Crippen molar-refractivity contribution in [1.82, 2.24) is 14.8 Å². The van der Waals surface area contributed by atoms with Gasteiger partial charge < -0.3 is 15.0 Å².